The summed E-state index contributed by atoms with van der Waals surface area (Å²) < 4.78 is 12.3. The molecule has 0 aromatic carbocycles. The molecule has 1 fully saturated rings. The van der Waals surface area contributed by atoms with Crippen molar-refractivity contribution in [3.05, 3.63) is 0 Å². The summed E-state index contributed by atoms with van der Waals surface area (Å²) >= 11 is 0. The third-order valence-electron chi connectivity index (χ3n) is 2.91. The summed E-state index contributed by atoms with van der Waals surface area (Å²) in [4.78, 5) is 0. The van der Waals surface area contributed by atoms with Gasteiger partial charge in [-0.1, -0.05) is 20.8 Å². The molecule has 0 bridgehead atoms. The van der Waals surface area contributed by atoms with E-state index in [2.05, 4.69) is 20.8 Å². The monoisotopic (exact) mass is 130 g/mol. The minimum absolute atomic E-state index is 0.0833. The van der Waals surface area contributed by atoms with Crippen molar-refractivity contribution in [2.75, 3.05) is 6.67 Å². The molecule has 0 aliphatic heterocycles. The fourth-order valence-corrected chi connectivity index (χ4v) is 1.66. The third-order valence-corrected chi connectivity index (χ3v) is 2.91. The Bertz CT molecular complexity index is 105. The number of halogens is 1. The maximum absolute atomic E-state index is 12.3. The lowest BCUT2D eigenvalue weighted by molar-refractivity contribution is 0.245. The number of hydrogen-bond acceptors (Lipinski definition) is 0. The van der Waals surface area contributed by atoms with Crippen molar-refractivity contribution in [3.63, 3.8) is 0 Å². The first-order chi connectivity index (χ1) is 4.13. The molecule has 0 radical (unpaired) electrons. The molecule has 0 nitrogen and oxygen atoms in total. The summed E-state index contributed by atoms with van der Waals surface area (Å²) in [7, 11) is 0. The van der Waals surface area contributed by atoms with Crippen LogP contribution in [0.5, 0.6) is 0 Å². The van der Waals surface area contributed by atoms with Crippen LogP contribution in [0.25, 0.3) is 0 Å². The van der Waals surface area contributed by atoms with E-state index in [-0.39, 0.29) is 12.1 Å². The second kappa shape index (κ2) is 1.96. The van der Waals surface area contributed by atoms with Crippen molar-refractivity contribution in [1.29, 1.82) is 0 Å². The van der Waals surface area contributed by atoms with Crippen LogP contribution in [0.2, 0.25) is 0 Å². The van der Waals surface area contributed by atoms with E-state index in [9.17, 15) is 4.39 Å². The van der Waals surface area contributed by atoms with Gasteiger partial charge in [0.1, 0.15) is 0 Å². The van der Waals surface area contributed by atoms with Crippen LogP contribution in [-0.2, 0) is 0 Å². The maximum Gasteiger partial charge on any atom is 0.0955 e. The molecule has 2 unspecified atom stereocenters. The largest absolute Gasteiger partial charge is 0.250 e. The zero-order chi connectivity index (χ0) is 7.07. The molecule has 1 aliphatic rings. The number of rotatable bonds is 2. The molecular weight excluding hydrogens is 115 g/mol. The Labute approximate surface area is 56.5 Å². The molecule has 0 N–H and O–H groups in total. The highest BCUT2D eigenvalue weighted by Crippen LogP contribution is 2.57. The van der Waals surface area contributed by atoms with Crippen LogP contribution in [-0.4, -0.2) is 6.67 Å². The Morgan fingerprint density at radius 2 is 2.11 bits per heavy atom. The molecular formula is C8H15F. The van der Waals surface area contributed by atoms with Gasteiger partial charge in [-0.05, 0) is 18.3 Å². The molecule has 9 heavy (non-hydrogen) atoms. The van der Waals surface area contributed by atoms with E-state index < -0.39 is 0 Å². The van der Waals surface area contributed by atoms with Crippen LogP contribution in [0.4, 0.5) is 4.39 Å². The van der Waals surface area contributed by atoms with E-state index >= 15 is 0 Å². The molecule has 1 rings (SSSR count). The summed E-state index contributed by atoms with van der Waals surface area (Å²) in [5, 5.41) is 0. The highest BCUT2D eigenvalue weighted by molar-refractivity contribution is 5.01. The first-order valence-electron chi connectivity index (χ1n) is 3.69. The lowest BCUT2D eigenvalue weighted by Gasteiger charge is -2.15. The lowest BCUT2D eigenvalue weighted by Crippen LogP contribution is -2.13. The van der Waals surface area contributed by atoms with Gasteiger partial charge in [0.2, 0.25) is 0 Å². The van der Waals surface area contributed by atoms with Crippen LogP contribution in [0.3, 0.4) is 0 Å². The van der Waals surface area contributed by atoms with Gasteiger partial charge in [0, 0.05) is 5.41 Å². The van der Waals surface area contributed by atoms with Crippen molar-refractivity contribution >= 4 is 0 Å². The maximum atomic E-state index is 12.3. The Balaban J connectivity index is 2.52. The molecule has 2 atom stereocenters. The summed E-state index contributed by atoms with van der Waals surface area (Å²) in [5.74, 6) is 1.15. The molecule has 0 amide bonds. The molecule has 54 valence electrons. The minimum Gasteiger partial charge on any atom is -0.250 e. The van der Waals surface area contributed by atoms with Gasteiger partial charge in [0.15, 0.2) is 0 Å². The zero-order valence-electron chi connectivity index (χ0n) is 6.45. The molecule has 0 spiro atoms. The van der Waals surface area contributed by atoms with Crippen molar-refractivity contribution < 1.29 is 4.39 Å². The molecule has 1 aliphatic carbocycles. The Morgan fingerprint density at radius 3 is 2.11 bits per heavy atom. The molecule has 1 heteroatoms. The van der Waals surface area contributed by atoms with Crippen LogP contribution < -0.4 is 0 Å². The van der Waals surface area contributed by atoms with Crippen LogP contribution >= 0.6 is 0 Å². The van der Waals surface area contributed by atoms with Gasteiger partial charge < -0.3 is 0 Å². The molecule has 1 saturated carbocycles. The van der Waals surface area contributed by atoms with Gasteiger partial charge >= 0.3 is 0 Å². The summed E-state index contributed by atoms with van der Waals surface area (Å²) in [6, 6.07) is 0. The first-order valence-corrected chi connectivity index (χ1v) is 3.69. The van der Waals surface area contributed by atoms with Gasteiger partial charge in [-0.15, -0.1) is 0 Å². The Hall–Kier alpha value is -0.0700. The van der Waals surface area contributed by atoms with E-state index in [1.54, 1.807) is 0 Å². The second-order valence-corrected chi connectivity index (χ2v) is 3.63. The van der Waals surface area contributed by atoms with Gasteiger partial charge in [-0.2, -0.15) is 0 Å². The molecule has 0 aromatic rings. The predicted octanol–water partition coefficient (Wildman–Crippen LogP) is 2.64. The highest BCUT2D eigenvalue weighted by atomic mass is 19.1. The normalized spacial score (nSPS) is 41.7. The molecule has 0 aromatic heterocycles. The lowest BCUT2D eigenvalue weighted by atomic mass is 9.92. The fourth-order valence-electron chi connectivity index (χ4n) is 1.66. The van der Waals surface area contributed by atoms with Crippen LogP contribution in [0.15, 0.2) is 0 Å². The van der Waals surface area contributed by atoms with E-state index in [0.29, 0.717) is 11.8 Å². The average molecular weight is 130 g/mol. The highest BCUT2D eigenvalue weighted by Gasteiger charge is 2.53. The summed E-state index contributed by atoms with van der Waals surface area (Å²) in [6.07, 6.45) is 1.10. The van der Waals surface area contributed by atoms with Gasteiger partial charge in [-0.3, -0.25) is 4.39 Å². The van der Waals surface area contributed by atoms with E-state index in [1.807, 2.05) is 0 Å². The fraction of sp³-hybridized carbons (Fsp3) is 1.00. The quantitative estimate of drug-likeness (QED) is 0.539. The average Bonchev–Trinajstić information content (AvgIpc) is 2.43. The van der Waals surface area contributed by atoms with E-state index in [0.717, 1.165) is 6.42 Å². The van der Waals surface area contributed by atoms with E-state index in [1.165, 1.54) is 0 Å². The number of hydrogen-bond donors (Lipinski definition) is 0. The third kappa shape index (κ3) is 0.867. The van der Waals surface area contributed by atoms with Gasteiger partial charge in [-0.25, -0.2) is 0 Å². The minimum atomic E-state index is -0.119. The predicted molar refractivity (Wildman–Crippen MR) is 37.0 cm³/mol. The van der Waals surface area contributed by atoms with Gasteiger partial charge in [0.05, 0.1) is 6.67 Å². The second-order valence-electron chi connectivity index (χ2n) is 3.63. The Kier molecular flexibility index (Phi) is 1.54. The topological polar surface area (TPSA) is 0 Å². The van der Waals surface area contributed by atoms with Gasteiger partial charge in [0.25, 0.3) is 0 Å². The SMILES string of the molecule is CC(C)C1(CF)CC1C. The number of alkyl halides is 1. The van der Waals surface area contributed by atoms with Crippen LogP contribution in [0.1, 0.15) is 27.2 Å². The summed E-state index contributed by atoms with van der Waals surface area (Å²) in [6.45, 7) is 6.25. The van der Waals surface area contributed by atoms with Crippen molar-refractivity contribution in [2.24, 2.45) is 17.3 Å². The first kappa shape index (κ1) is 7.04. The van der Waals surface area contributed by atoms with Crippen molar-refractivity contribution in [3.8, 4) is 0 Å². The molecule has 0 saturated heterocycles. The summed E-state index contributed by atoms with van der Waals surface area (Å²) in [5.41, 5.74) is 0.0833. The Morgan fingerprint density at radius 1 is 1.67 bits per heavy atom. The molecule has 0 heterocycles. The smallest absolute Gasteiger partial charge is 0.0955 e. The standard InChI is InChI=1S/C8H15F/c1-6(2)8(5-9)4-7(8)3/h6-7H,4-5H2,1-3H3. The van der Waals surface area contributed by atoms with Crippen molar-refractivity contribution in [1.82, 2.24) is 0 Å². The van der Waals surface area contributed by atoms with E-state index in [4.69, 9.17) is 0 Å². The van der Waals surface area contributed by atoms with Crippen LogP contribution in [0, 0.1) is 17.3 Å². The van der Waals surface area contributed by atoms with Crippen molar-refractivity contribution in [2.45, 2.75) is 27.2 Å². The zero-order valence-corrected chi connectivity index (χ0v) is 6.45.